The predicted molar refractivity (Wildman–Crippen MR) is 89.2 cm³/mol. The van der Waals surface area contributed by atoms with Crippen LogP contribution in [0.2, 0.25) is 10.0 Å². The molecule has 7 heteroatoms. The molecule has 0 radical (unpaired) electrons. The number of aliphatic carboxylic acids is 1. The SMILES string of the molecule is CC1(C(=O)O)CCN(C2CCN(c3ccc(Cl)c(Cl)c3)C2=O)C1. The summed E-state index contributed by atoms with van der Waals surface area (Å²) in [5, 5.41) is 10.2. The molecular weight excluding hydrogens is 339 g/mol. The Morgan fingerprint density at radius 3 is 2.65 bits per heavy atom. The zero-order valence-corrected chi connectivity index (χ0v) is 14.3. The highest BCUT2D eigenvalue weighted by Gasteiger charge is 2.46. The Labute approximate surface area is 144 Å². The van der Waals surface area contributed by atoms with Crippen molar-refractivity contribution in [3.05, 3.63) is 28.2 Å². The first-order chi connectivity index (χ1) is 10.8. The topological polar surface area (TPSA) is 60.9 Å². The Balaban J connectivity index is 1.75. The summed E-state index contributed by atoms with van der Waals surface area (Å²) in [5.41, 5.74) is -0.0378. The zero-order valence-electron chi connectivity index (χ0n) is 12.8. The van der Waals surface area contributed by atoms with Crippen LogP contribution in [-0.2, 0) is 9.59 Å². The van der Waals surface area contributed by atoms with Crippen molar-refractivity contribution in [3.8, 4) is 0 Å². The zero-order chi connectivity index (χ0) is 16.8. The minimum Gasteiger partial charge on any atom is -0.481 e. The van der Waals surface area contributed by atoms with Crippen LogP contribution in [0.1, 0.15) is 19.8 Å². The van der Waals surface area contributed by atoms with Crippen molar-refractivity contribution >= 4 is 40.8 Å². The predicted octanol–water partition coefficient (Wildman–Crippen LogP) is 2.90. The summed E-state index contributed by atoms with van der Waals surface area (Å²) < 4.78 is 0. The van der Waals surface area contributed by atoms with Gasteiger partial charge in [-0.1, -0.05) is 23.2 Å². The van der Waals surface area contributed by atoms with Gasteiger partial charge in [-0.3, -0.25) is 14.5 Å². The highest BCUT2D eigenvalue weighted by molar-refractivity contribution is 6.42. The number of carbonyl (C=O) groups is 2. The van der Waals surface area contributed by atoms with Gasteiger partial charge in [0.2, 0.25) is 5.91 Å². The average Bonchev–Trinajstić information content (AvgIpc) is 3.06. The van der Waals surface area contributed by atoms with Crippen LogP contribution in [0.4, 0.5) is 5.69 Å². The minimum absolute atomic E-state index is 0.00183. The van der Waals surface area contributed by atoms with Crippen molar-refractivity contribution < 1.29 is 14.7 Å². The van der Waals surface area contributed by atoms with E-state index in [0.29, 0.717) is 42.5 Å². The molecule has 1 N–H and O–H groups in total. The molecule has 1 aromatic rings. The van der Waals surface area contributed by atoms with Gasteiger partial charge in [0, 0.05) is 25.3 Å². The lowest BCUT2D eigenvalue weighted by Gasteiger charge is -2.25. The number of amides is 1. The highest BCUT2D eigenvalue weighted by Crippen LogP contribution is 2.35. The van der Waals surface area contributed by atoms with E-state index in [2.05, 4.69) is 0 Å². The van der Waals surface area contributed by atoms with Gasteiger partial charge in [0.05, 0.1) is 21.5 Å². The van der Waals surface area contributed by atoms with Gasteiger partial charge in [0.25, 0.3) is 0 Å². The molecule has 3 rings (SSSR count). The third kappa shape index (κ3) is 2.93. The number of anilines is 1. The van der Waals surface area contributed by atoms with E-state index in [9.17, 15) is 14.7 Å². The molecule has 2 fully saturated rings. The molecule has 0 saturated carbocycles. The Bertz CT molecular complexity index is 667. The summed E-state index contributed by atoms with van der Waals surface area (Å²) >= 11 is 11.9. The first kappa shape index (κ1) is 16.6. The molecule has 1 aromatic carbocycles. The van der Waals surface area contributed by atoms with Crippen molar-refractivity contribution in [1.29, 1.82) is 0 Å². The number of likely N-dealkylation sites (tertiary alicyclic amines) is 1. The van der Waals surface area contributed by atoms with Gasteiger partial charge < -0.3 is 10.0 Å². The molecule has 2 saturated heterocycles. The van der Waals surface area contributed by atoms with Crippen LogP contribution in [0.25, 0.3) is 0 Å². The second-order valence-electron chi connectivity index (χ2n) is 6.48. The van der Waals surface area contributed by atoms with E-state index >= 15 is 0 Å². The molecule has 2 unspecified atom stereocenters. The second-order valence-corrected chi connectivity index (χ2v) is 7.29. The van der Waals surface area contributed by atoms with Gasteiger partial charge in [0.1, 0.15) is 0 Å². The van der Waals surface area contributed by atoms with E-state index in [1.165, 1.54) is 0 Å². The fourth-order valence-electron chi connectivity index (χ4n) is 3.35. The number of carboxylic acid groups (broad SMARTS) is 1. The van der Waals surface area contributed by atoms with Crippen molar-refractivity contribution in [2.45, 2.75) is 25.8 Å². The first-order valence-electron chi connectivity index (χ1n) is 7.56. The van der Waals surface area contributed by atoms with Crippen molar-refractivity contribution in [2.24, 2.45) is 5.41 Å². The number of nitrogens with zero attached hydrogens (tertiary/aromatic N) is 2. The third-order valence-corrected chi connectivity index (χ3v) is 5.59. The summed E-state index contributed by atoms with van der Waals surface area (Å²) in [4.78, 5) is 27.8. The van der Waals surface area contributed by atoms with Crippen molar-refractivity contribution in [3.63, 3.8) is 0 Å². The maximum atomic E-state index is 12.7. The quantitative estimate of drug-likeness (QED) is 0.904. The lowest BCUT2D eigenvalue weighted by atomic mass is 9.90. The standard InChI is InChI=1S/C16H18Cl2N2O3/c1-16(15(22)23)5-7-19(9-16)13-4-6-20(14(13)21)10-2-3-11(17)12(18)8-10/h2-3,8,13H,4-7,9H2,1H3,(H,22,23). The lowest BCUT2D eigenvalue weighted by Crippen LogP contribution is -2.42. The minimum atomic E-state index is -0.799. The lowest BCUT2D eigenvalue weighted by molar-refractivity contribution is -0.147. The Hall–Kier alpha value is -1.30. The number of rotatable bonds is 3. The molecule has 2 atom stereocenters. The van der Waals surface area contributed by atoms with Gasteiger partial charge in [-0.25, -0.2) is 0 Å². The van der Waals surface area contributed by atoms with Crippen LogP contribution in [-0.4, -0.2) is 47.6 Å². The number of hydrogen-bond acceptors (Lipinski definition) is 3. The number of hydrogen-bond donors (Lipinski definition) is 1. The van der Waals surface area contributed by atoms with Crippen LogP contribution in [0.3, 0.4) is 0 Å². The summed E-state index contributed by atoms with van der Waals surface area (Å²) in [7, 11) is 0. The highest BCUT2D eigenvalue weighted by atomic mass is 35.5. The van der Waals surface area contributed by atoms with E-state index in [0.717, 1.165) is 5.69 Å². The fraction of sp³-hybridized carbons (Fsp3) is 0.500. The monoisotopic (exact) mass is 356 g/mol. The molecule has 1 amide bonds. The largest absolute Gasteiger partial charge is 0.481 e. The van der Waals surface area contributed by atoms with E-state index < -0.39 is 11.4 Å². The molecule has 2 aliphatic heterocycles. The molecule has 2 heterocycles. The number of carboxylic acids is 1. The van der Waals surface area contributed by atoms with Gasteiger partial charge in [0.15, 0.2) is 0 Å². The molecule has 2 aliphatic rings. The number of carbonyl (C=O) groups excluding carboxylic acids is 1. The Morgan fingerprint density at radius 2 is 2.04 bits per heavy atom. The second kappa shape index (κ2) is 5.96. The van der Waals surface area contributed by atoms with Crippen LogP contribution >= 0.6 is 23.2 Å². The smallest absolute Gasteiger partial charge is 0.310 e. The number of benzene rings is 1. The summed E-state index contributed by atoms with van der Waals surface area (Å²) in [6.07, 6.45) is 1.26. The van der Waals surface area contributed by atoms with E-state index in [1.54, 1.807) is 30.0 Å². The Morgan fingerprint density at radius 1 is 1.30 bits per heavy atom. The first-order valence-corrected chi connectivity index (χ1v) is 8.31. The van der Waals surface area contributed by atoms with Crippen molar-refractivity contribution in [1.82, 2.24) is 4.90 Å². The van der Waals surface area contributed by atoms with E-state index in [-0.39, 0.29) is 11.9 Å². The molecular formula is C16H18Cl2N2O3. The maximum Gasteiger partial charge on any atom is 0.310 e. The summed E-state index contributed by atoms with van der Waals surface area (Å²) in [5.74, 6) is -0.801. The normalized spacial score (nSPS) is 28.6. The van der Waals surface area contributed by atoms with Crippen LogP contribution in [0, 0.1) is 5.41 Å². The summed E-state index contributed by atoms with van der Waals surface area (Å²) in [6, 6.07) is 4.89. The van der Waals surface area contributed by atoms with Gasteiger partial charge >= 0.3 is 5.97 Å². The Kier molecular flexibility index (Phi) is 4.29. The fourth-order valence-corrected chi connectivity index (χ4v) is 3.64. The van der Waals surface area contributed by atoms with Crippen molar-refractivity contribution in [2.75, 3.05) is 24.5 Å². The molecule has 0 aliphatic carbocycles. The number of halogens is 2. The van der Waals surface area contributed by atoms with Gasteiger partial charge in [-0.2, -0.15) is 0 Å². The summed E-state index contributed by atoms with van der Waals surface area (Å²) in [6.45, 7) is 3.38. The molecule has 124 valence electrons. The van der Waals surface area contributed by atoms with E-state index in [1.807, 2.05) is 4.90 Å². The average molecular weight is 357 g/mol. The molecule has 5 nitrogen and oxygen atoms in total. The van der Waals surface area contributed by atoms with Gasteiger partial charge in [-0.05, 0) is 38.0 Å². The van der Waals surface area contributed by atoms with E-state index in [4.69, 9.17) is 23.2 Å². The molecule has 0 aromatic heterocycles. The third-order valence-electron chi connectivity index (χ3n) is 4.85. The van der Waals surface area contributed by atoms with Crippen LogP contribution < -0.4 is 4.90 Å². The maximum absolute atomic E-state index is 12.7. The van der Waals surface area contributed by atoms with Gasteiger partial charge in [-0.15, -0.1) is 0 Å². The van der Waals surface area contributed by atoms with Crippen LogP contribution in [0.5, 0.6) is 0 Å². The van der Waals surface area contributed by atoms with Crippen LogP contribution in [0.15, 0.2) is 18.2 Å². The molecule has 23 heavy (non-hydrogen) atoms. The molecule has 0 bridgehead atoms. The molecule has 0 spiro atoms.